The highest BCUT2D eigenvalue weighted by Gasteiger charge is 2.12. The lowest BCUT2D eigenvalue weighted by Crippen LogP contribution is -2.04. The van der Waals surface area contributed by atoms with Crippen LogP contribution >= 0.6 is 27.5 Å². The number of carbonyl (C=O) groups is 1. The van der Waals surface area contributed by atoms with Crippen molar-refractivity contribution in [1.82, 2.24) is 0 Å². The fourth-order valence-corrected chi connectivity index (χ4v) is 2.17. The second-order valence-electron chi connectivity index (χ2n) is 3.97. The van der Waals surface area contributed by atoms with Crippen LogP contribution in [0.2, 0.25) is 5.02 Å². The van der Waals surface area contributed by atoms with Crippen molar-refractivity contribution in [3.05, 3.63) is 62.8 Å². The molecule has 0 aliphatic rings. The lowest BCUT2D eigenvalue weighted by molar-refractivity contribution is 0.0691. The van der Waals surface area contributed by atoms with E-state index < -0.39 is 11.8 Å². The minimum atomic E-state index is -1.09. The van der Waals surface area contributed by atoms with E-state index in [-0.39, 0.29) is 22.9 Å². The Kier molecular flexibility index (Phi) is 4.62. The van der Waals surface area contributed by atoms with Gasteiger partial charge in [-0.15, -0.1) is 0 Å². The van der Waals surface area contributed by atoms with E-state index in [0.29, 0.717) is 10.0 Å². The molecule has 0 aromatic heterocycles. The fourth-order valence-electron chi connectivity index (χ4n) is 1.59. The molecule has 1 N–H and O–H groups in total. The van der Waals surface area contributed by atoms with Gasteiger partial charge in [-0.3, -0.25) is 0 Å². The Hall–Kier alpha value is -1.59. The fraction of sp³-hybridized carbons (Fsp3) is 0.0714. The summed E-state index contributed by atoms with van der Waals surface area (Å²) in [6, 6.07) is 8.62. The van der Waals surface area contributed by atoms with E-state index in [1.807, 2.05) is 0 Å². The number of carboxylic acids is 1. The van der Waals surface area contributed by atoms with Crippen molar-refractivity contribution in [2.24, 2.45) is 0 Å². The number of hydrogen-bond donors (Lipinski definition) is 1. The molecular formula is C14H9BrClFO3. The maximum atomic E-state index is 12.9. The SMILES string of the molecule is O=C(O)c1cc(Br)ccc1OCc1ccc(F)cc1Cl. The summed E-state index contributed by atoms with van der Waals surface area (Å²) < 4.78 is 19.0. The number of halogens is 3. The molecule has 2 aromatic carbocycles. The van der Waals surface area contributed by atoms with Crippen LogP contribution in [0.5, 0.6) is 5.75 Å². The topological polar surface area (TPSA) is 46.5 Å². The van der Waals surface area contributed by atoms with Crippen LogP contribution in [-0.2, 0) is 6.61 Å². The molecule has 0 saturated carbocycles. The highest BCUT2D eigenvalue weighted by atomic mass is 79.9. The molecule has 0 fully saturated rings. The standard InChI is InChI=1S/C14H9BrClFO3/c15-9-2-4-13(11(5-9)14(18)19)20-7-8-1-3-10(17)6-12(8)16/h1-6H,7H2,(H,18,19). The van der Waals surface area contributed by atoms with Crippen molar-refractivity contribution in [2.75, 3.05) is 0 Å². The van der Waals surface area contributed by atoms with Crippen LogP contribution < -0.4 is 4.74 Å². The molecule has 3 nitrogen and oxygen atoms in total. The number of rotatable bonds is 4. The van der Waals surface area contributed by atoms with E-state index in [1.54, 1.807) is 12.1 Å². The summed E-state index contributed by atoms with van der Waals surface area (Å²) in [7, 11) is 0. The van der Waals surface area contributed by atoms with Gasteiger partial charge in [0.2, 0.25) is 0 Å². The molecule has 0 spiro atoms. The van der Waals surface area contributed by atoms with Crippen molar-refractivity contribution in [2.45, 2.75) is 6.61 Å². The Morgan fingerprint density at radius 1 is 1.30 bits per heavy atom. The van der Waals surface area contributed by atoms with Crippen LogP contribution in [0.3, 0.4) is 0 Å². The van der Waals surface area contributed by atoms with E-state index in [1.165, 1.54) is 24.3 Å². The first-order valence-corrected chi connectivity index (χ1v) is 6.74. The van der Waals surface area contributed by atoms with Gasteiger partial charge in [0.1, 0.15) is 23.7 Å². The zero-order chi connectivity index (χ0) is 14.7. The molecule has 0 heterocycles. The summed E-state index contributed by atoms with van der Waals surface area (Å²) in [6.45, 7) is 0.0566. The third-order valence-corrected chi connectivity index (χ3v) is 3.42. The highest BCUT2D eigenvalue weighted by Crippen LogP contribution is 2.25. The van der Waals surface area contributed by atoms with Crippen LogP contribution in [-0.4, -0.2) is 11.1 Å². The molecule has 2 rings (SSSR count). The Labute approximate surface area is 128 Å². The van der Waals surface area contributed by atoms with Crippen LogP contribution in [0.1, 0.15) is 15.9 Å². The van der Waals surface area contributed by atoms with Gasteiger partial charge in [-0.05, 0) is 30.3 Å². The molecule has 0 radical (unpaired) electrons. The van der Waals surface area contributed by atoms with Crippen molar-refractivity contribution >= 4 is 33.5 Å². The molecule has 2 aromatic rings. The lowest BCUT2D eigenvalue weighted by atomic mass is 10.2. The molecule has 0 bridgehead atoms. The average Bonchev–Trinajstić information content (AvgIpc) is 2.38. The Bertz CT molecular complexity index is 661. The van der Waals surface area contributed by atoms with Gasteiger partial charge in [0, 0.05) is 10.0 Å². The van der Waals surface area contributed by atoms with Crippen molar-refractivity contribution < 1.29 is 19.0 Å². The number of carboxylic acid groups (broad SMARTS) is 1. The molecule has 0 unspecified atom stereocenters. The highest BCUT2D eigenvalue weighted by molar-refractivity contribution is 9.10. The number of aromatic carboxylic acids is 1. The molecule has 0 saturated heterocycles. The molecule has 104 valence electrons. The van der Waals surface area contributed by atoms with E-state index in [0.717, 1.165) is 0 Å². The van der Waals surface area contributed by atoms with E-state index in [2.05, 4.69) is 15.9 Å². The van der Waals surface area contributed by atoms with E-state index in [9.17, 15) is 9.18 Å². The smallest absolute Gasteiger partial charge is 0.339 e. The van der Waals surface area contributed by atoms with Gasteiger partial charge in [0.05, 0.1) is 5.02 Å². The van der Waals surface area contributed by atoms with Gasteiger partial charge in [-0.2, -0.15) is 0 Å². The third-order valence-electron chi connectivity index (χ3n) is 2.57. The van der Waals surface area contributed by atoms with Crippen molar-refractivity contribution in [3.8, 4) is 5.75 Å². The van der Waals surface area contributed by atoms with E-state index >= 15 is 0 Å². The largest absolute Gasteiger partial charge is 0.488 e. The molecular weight excluding hydrogens is 351 g/mol. The quantitative estimate of drug-likeness (QED) is 0.873. The van der Waals surface area contributed by atoms with Gasteiger partial charge in [-0.25, -0.2) is 9.18 Å². The summed E-state index contributed by atoms with van der Waals surface area (Å²) in [5.74, 6) is -1.30. The predicted molar refractivity (Wildman–Crippen MR) is 76.8 cm³/mol. The number of benzene rings is 2. The van der Waals surface area contributed by atoms with Gasteiger partial charge >= 0.3 is 5.97 Å². The second kappa shape index (κ2) is 6.24. The normalized spacial score (nSPS) is 10.3. The van der Waals surface area contributed by atoms with Gasteiger partial charge < -0.3 is 9.84 Å². The van der Waals surface area contributed by atoms with Gasteiger partial charge in [0.15, 0.2) is 0 Å². The van der Waals surface area contributed by atoms with Crippen LogP contribution in [0.25, 0.3) is 0 Å². The summed E-state index contributed by atoms with van der Waals surface area (Å²) in [6.07, 6.45) is 0. The Morgan fingerprint density at radius 3 is 2.70 bits per heavy atom. The number of hydrogen-bond acceptors (Lipinski definition) is 2. The van der Waals surface area contributed by atoms with Crippen molar-refractivity contribution in [1.29, 1.82) is 0 Å². The Morgan fingerprint density at radius 2 is 2.05 bits per heavy atom. The van der Waals surface area contributed by atoms with E-state index in [4.69, 9.17) is 21.4 Å². The average molecular weight is 360 g/mol. The predicted octanol–water partition coefficient (Wildman–Crippen LogP) is 4.52. The second-order valence-corrected chi connectivity index (χ2v) is 5.29. The first-order valence-electron chi connectivity index (χ1n) is 5.57. The first kappa shape index (κ1) is 14.8. The van der Waals surface area contributed by atoms with Crippen molar-refractivity contribution in [3.63, 3.8) is 0 Å². The first-order chi connectivity index (χ1) is 9.47. The minimum absolute atomic E-state index is 0.0395. The molecule has 0 atom stereocenters. The van der Waals surface area contributed by atoms with Gasteiger partial charge in [-0.1, -0.05) is 33.6 Å². The monoisotopic (exact) mass is 358 g/mol. The van der Waals surface area contributed by atoms with Gasteiger partial charge in [0.25, 0.3) is 0 Å². The Balaban J connectivity index is 2.20. The van der Waals surface area contributed by atoms with Crippen LogP contribution in [0.4, 0.5) is 4.39 Å². The van der Waals surface area contributed by atoms with Crippen LogP contribution in [0, 0.1) is 5.82 Å². The maximum absolute atomic E-state index is 12.9. The molecule has 20 heavy (non-hydrogen) atoms. The summed E-state index contributed by atoms with van der Waals surface area (Å²) >= 11 is 9.08. The number of ether oxygens (including phenoxy) is 1. The molecule has 0 aliphatic carbocycles. The summed E-state index contributed by atoms with van der Waals surface area (Å²) in [5.41, 5.74) is 0.616. The zero-order valence-electron chi connectivity index (χ0n) is 10.1. The zero-order valence-corrected chi connectivity index (χ0v) is 12.4. The maximum Gasteiger partial charge on any atom is 0.339 e. The molecule has 6 heteroatoms. The van der Waals surface area contributed by atoms with Crippen LogP contribution in [0.15, 0.2) is 40.9 Å². The summed E-state index contributed by atoms with van der Waals surface area (Å²) in [4.78, 5) is 11.1. The minimum Gasteiger partial charge on any atom is -0.488 e. The third kappa shape index (κ3) is 3.49. The lowest BCUT2D eigenvalue weighted by Gasteiger charge is -2.10. The molecule has 0 aliphatic heterocycles. The summed E-state index contributed by atoms with van der Waals surface area (Å²) in [5, 5.41) is 9.34. The molecule has 0 amide bonds.